The van der Waals surface area contributed by atoms with Gasteiger partial charge in [-0.2, -0.15) is 0 Å². The van der Waals surface area contributed by atoms with Crippen molar-refractivity contribution in [1.29, 1.82) is 0 Å². The van der Waals surface area contributed by atoms with Gasteiger partial charge in [0.25, 0.3) is 0 Å². The third-order valence-electron chi connectivity index (χ3n) is 16.9. The van der Waals surface area contributed by atoms with Gasteiger partial charge in [0.1, 0.15) is 72.5 Å². The summed E-state index contributed by atoms with van der Waals surface area (Å²) in [6, 6.07) is -7.90. The highest BCUT2D eigenvalue weighted by Crippen LogP contribution is 2.16. The van der Waals surface area contributed by atoms with Crippen molar-refractivity contribution in [2.24, 2.45) is 58.3 Å². The highest BCUT2D eigenvalue weighted by atomic mass is 16.4. The Morgan fingerprint density at radius 2 is 0.618 bits per heavy atom. The Morgan fingerprint density at radius 1 is 0.333 bits per heavy atom. The molecule has 0 aliphatic carbocycles. The second-order valence-electron chi connectivity index (χ2n) is 28.3. The fourth-order valence-corrected chi connectivity index (χ4v) is 10.8. The van der Waals surface area contributed by atoms with Crippen LogP contribution in [-0.2, 0) is 68.7 Å². The predicted molar refractivity (Wildman–Crippen MR) is 387 cm³/mol. The number of hydrogen-bond acceptors (Lipinski definition) is 19. The molecule has 0 unspecified atom stereocenters. The number of carboxylic acid groups (broad SMARTS) is 1. The number of nitrogens with one attached hydrogen (secondary N) is 12. The third kappa shape index (κ3) is 34.8. The van der Waals surface area contributed by atoms with Crippen molar-refractivity contribution < 1.29 is 72.5 Å². The van der Waals surface area contributed by atoms with Crippen molar-refractivity contribution in [3.05, 3.63) is 35.9 Å². The summed E-state index contributed by atoms with van der Waals surface area (Å²) in [7, 11) is 0. The summed E-state index contributed by atoms with van der Waals surface area (Å²) < 4.78 is 0. The fraction of sp³-hybridized carbons (Fsp3) is 0.729. The molecule has 102 heavy (non-hydrogen) atoms. The molecule has 1 aromatic rings. The van der Waals surface area contributed by atoms with Crippen LogP contribution in [0.25, 0.3) is 0 Å². The van der Waals surface area contributed by atoms with Gasteiger partial charge in [0, 0.05) is 6.42 Å². The van der Waals surface area contributed by atoms with E-state index in [0.29, 0.717) is 83.0 Å². The number of nitrogens with two attached hydrogens (primary N) is 5. The Bertz CT molecular complexity index is 2810. The zero-order valence-corrected chi connectivity index (χ0v) is 62.4. The number of amides is 12. The predicted octanol–water partition coefficient (Wildman–Crippen LogP) is -1.54. The van der Waals surface area contributed by atoms with Crippen molar-refractivity contribution in [3.63, 3.8) is 0 Å². The van der Waals surface area contributed by atoms with Gasteiger partial charge in [0.15, 0.2) is 0 Å². The summed E-state index contributed by atoms with van der Waals surface area (Å²) in [5.41, 5.74) is 29.7. The van der Waals surface area contributed by atoms with E-state index in [4.69, 9.17) is 28.7 Å². The number of unbranched alkanes of at least 4 members (excludes halogenated alkanes) is 4. The molecular weight excluding hydrogens is 1320 g/mol. The van der Waals surface area contributed by atoms with Crippen LogP contribution in [0.5, 0.6) is 0 Å². The molecule has 24 N–H and O–H groups in total. The number of carboxylic acids is 1. The minimum Gasteiger partial charge on any atom is -0.480 e. The molecule has 0 saturated heterocycles. The lowest BCUT2D eigenvalue weighted by Gasteiger charge is -2.30. The molecule has 1 aromatic carbocycles. The lowest BCUT2D eigenvalue weighted by atomic mass is 9.98. The first-order valence-electron chi connectivity index (χ1n) is 36.1. The molecule has 32 heteroatoms. The number of benzene rings is 1. The van der Waals surface area contributed by atoms with Crippen molar-refractivity contribution in [2.45, 2.75) is 271 Å². The van der Waals surface area contributed by atoms with E-state index in [0.717, 1.165) is 0 Å². The van der Waals surface area contributed by atoms with Crippen LogP contribution in [0.1, 0.15) is 185 Å². The van der Waals surface area contributed by atoms with Crippen molar-refractivity contribution in [3.8, 4) is 0 Å². The van der Waals surface area contributed by atoms with E-state index in [-0.39, 0.29) is 56.9 Å². The number of aliphatic hydroxyl groups excluding tert-OH is 1. The molecule has 0 spiro atoms. The van der Waals surface area contributed by atoms with Gasteiger partial charge < -0.3 is 103 Å². The number of carbonyl (C=O) groups excluding carboxylic acids is 12. The van der Waals surface area contributed by atoms with E-state index >= 15 is 0 Å². The quantitative estimate of drug-likeness (QED) is 0.0329. The fourth-order valence-electron chi connectivity index (χ4n) is 10.8. The number of aliphatic hydroxyl groups is 1. The van der Waals surface area contributed by atoms with Crippen molar-refractivity contribution >= 4 is 76.9 Å². The number of aliphatic carboxylic acids is 1. The molecule has 32 nitrogen and oxygen atoms in total. The Kier molecular flexibility index (Phi) is 44.1. The zero-order chi connectivity index (χ0) is 77.5. The van der Waals surface area contributed by atoms with Crippen LogP contribution in [0.15, 0.2) is 30.3 Å². The van der Waals surface area contributed by atoms with E-state index in [1.807, 2.05) is 13.8 Å². The Balaban J connectivity index is 3.28. The summed E-state index contributed by atoms with van der Waals surface area (Å²) in [5.74, 6) is -12.9. The van der Waals surface area contributed by atoms with Crippen LogP contribution >= 0.6 is 0 Å². The number of rotatable bonds is 51. The second-order valence-corrected chi connectivity index (χ2v) is 28.3. The highest BCUT2D eigenvalue weighted by Gasteiger charge is 2.39. The summed E-state index contributed by atoms with van der Waals surface area (Å²) in [6.07, 6.45) is 3.31. The first kappa shape index (κ1) is 92.1. The summed E-state index contributed by atoms with van der Waals surface area (Å²) >= 11 is 0. The maximum Gasteiger partial charge on any atom is 0.326 e. The van der Waals surface area contributed by atoms with Crippen LogP contribution < -0.4 is 92.5 Å². The van der Waals surface area contributed by atoms with Gasteiger partial charge in [0.05, 0.1) is 12.1 Å². The molecule has 0 heterocycles. The molecule has 12 amide bonds. The van der Waals surface area contributed by atoms with E-state index < -0.39 is 179 Å². The van der Waals surface area contributed by atoms with Crippen LogP contribution in [-0.4, -0.2) is 198 Å². The van der Waals surface area contributed by atoms with Crippen LogP contribution in [0, 0.1) is 29.6 Å². The normalized spacial score (nSPS) is 15.6. The monoisotopic (exact) mass is 1440 g/mol. The maximum atomic E-state index is 14.3. The summed E-state index contributed by atoms with van der Waals surface area (Å²) in [4.78, 5) is 179. The SMILES string of the molecule is CC(C)C[C@H](NC(=O)[C@@H](NC(=O)[C@H](CC(C)C)NC(=O)[C@@H](NC(=O)[C@H](C)NC(=O)[C@H](C)NC(=O)[C@@H](NC(=O)[C@@H](NC(=O)[C@H](CCCCN)NC(=O)[C@H](CCCCN)NC(=O)[C@H](CCCCN)NC(=O)[C@@H](N)CCCCN)C(C)C)C(C)C)[C@@H](C)O)C(C)C)C(=O)N[C@@H](Cc1ccccc1)C(=O)O. The smallest absolute Gasteiger partial charge is 0.326 e. The molecule has 0 saturated carbocycles. The molecule has 0 bridgehead atoms. The van der Waals surface area contributed by atoms with E-state index in [1.54, 1.807) is 85.7 Å². The molecule has 0 aliphatic heterocycles. The highest BCUT2D eigenvalue weighted by molar-refractivity contribution is 6.00. The molecule has 0 fully saturated rings. The Morgan fingerprint density at radius 3 is 0.990 bits per heavy atom. The van der Waals surface area contributed by atoms with Crippen LogP contribution in [0.4, 0.5) is 0 Å². The van der Waals surface area contributed by atoms with Gasteiger partial charge in [0.2, 0.25) is 70.9 Å². The topological polar surface area (TPSA) is 537 Å². The maximum absolute atomic E-state index is 14.3. The van der Waals surface area contributed by atoms with Gasteiger partial charge in [-0.15, -0.1) is 0 Å². The molecule has 580 valence electrons. The van der Waals surface area contributed by atoms with Gasteiger partial charge in [-0.1, -0.05) is 106 Å². The first-order chi connectivity index (χ1) is 47.9. The van der Waals surface area contributed by atoms with Gasteiger partial charge in [-0.05, 0) is 166 Å². The lowest BCUT2D eigenvalue weighted by molar-refractivity contribution is -0.142. The second kappa shape index (κ2) is 48.9. The third-order valence-corrected chi connectivity index (χ3v) is 16.9. The van der Waals surface area contributed by atoms with Crippen LogP contribution in [0.3, 0.4) is 0 Å². The molecule has 0 radical (unpaired) electrons. The standard InChI is InChI=1S/C70H125N17O15/c1-38(2)35-51(64(95)83-53(70(101)102)37-46-25-15-14-16-26-46)81-67(98)55(41(7)8)85-65(96)52(36-39(3)4)82-69(100)57(45(13)88)87-59(90)44(12)76-58(89)43(11)77-66(97)54(40(5)6)86-68(99)56(42(9)10)84-63(94)50(30-20-24-34-74)80-62(93)49(29-19-23-33-73)79-61(92)48(28-18-22-32-72)78-60(91)47(75)27-17-21-31-71/h14-16,25-26,38-45,47-57,88H,17-24,27-37,71-75H2,1-13H3,(H,76,89)(H,77,97)(H,78,91)(H,79,92)(H,80,93)(H,81,98)(H,82,100)(H,83,95)(H,84,94)(H,85,96)(H,86,99)(H,87,90)(H,101,102)/t43-,44-,45+,47-,48-,49-,50-,51-,52-,53-,54-,55-,56-,57-/m0/s1. The minimum absolute atomic E-state index is 0.0178. The van der Waals surface area contributed by atoms with E-state index in [1.165, 1.54) is 20.8 Å². The van der Waals surface area contributed by atoms with Crippen molar-refractivity contribution in [2.75, 3.05) is 26.2 Å². The summed E-state index contributed by atoms with van der Waals surface area (Å²) in [6.45, 7) is 22.1. The number of carbonyl (C=O) groups is 13. The van der Waals surface area contributed by atoms with Crippen molar-refractivity contribution in [1.82, 2.24) is 63.8 Å². The molecular formula is C70H125N17O15. The van der Waals surface area contributed by atoms with E-state index in [2.05, 4.69) is 63.8 Å². The van der Waals surface area contributed by atoms with Gasteiger partial charge in [-0.3, -0.25) is 57.5 Å². The van der Waals surface area contributed by atoms with E-state index in [9.17, 15) is 72.5 Å². The zero-order valence-electron chi connectivity index (χ0n) is 62.4. The lowest BCUT2D eigenvalue weighted by Crippen LogP contribution is -2.62. The van der Waals surface area contributed by atoms with Gasteiger partial charge in [-0.25, -0.2) is 4.79 Å². The molecule has 14 atom stereocenters. The average Bonchev–Trinajstić information content (AvgIpc) is 0.855. The van der Waals surface area contributed by atoms with Gasteiger partial charge >= 0.3 is 5.97 Å². The first-order valence-corrected chi connectivity index (χ1v) is 36.1. The molecule has 0 aromatic heterocycles. The summed E-state index contributed by atoms with van der Waals surface area (Å²) in [5, 5.41) is 52.4. The average molecular weight is 1440 g/mol. The largest absolute Gasteiger partial charge is 0.480 e. The minimum atomic E-state index is -1.70. The molecule has 1 rings (SSSR count). The van der Waals surface area contributed by atoms with Crippen LogP contribution in [0.2, 0.25) is 0 Å². The number of hydrogen-bond donors (Lipinski definition) is 19. The molecule has 0 aliphatic rings. The Labute approximate surface area is 602 Å². The Hall–Kier alpha value is -7.91.